The Morgan fingerprint density at radius 3 is 2.45 bits per heavy atom. The van der Waals surface area contributed by atoms with Gasteiger partial charge in [-0.3, -0.25) is 0 Å². The molecule has 2 fully saturated rings. The number of rotatable bonds is 3. The van der Waals surface area contributed by atoms with Crippen molar-refractivity contribution in [3.05, 3.63) is 0 Å². The molecular weight excluding hydrogens is 134 g/mol. The molecule has 0 aliphatic heterocycles. The Hall–Kier alpha value is -0.0400. The van der Waals surface area contributed by atoms with Crippen molar-refractivity contribution in [2.24, 2.45) is 11.8 Å². The molecule has 0 radical (unpaired) electrons. The van der Waals surface area contributed by atoms with Crippen molar-refractivity contribution in [1.29, 1.82) is 0 Å². The van der Waals surface area contributed by atoms with Crippen LogP contribution in [0.5, 0.6) is 0 Å². The molecule has 0 spiro atoms. The van der Waals surface area contributed by atoms with Gasteiger partial charge in [0.1, 0.15) is 0 Å². The molecule has 0 bridgehead atoms. The summed E-state index contributed by atoms with van der Waals surface area (Å²) in [5.41, 5.74) is 0.544. The minimum Gasteiger partial charge on any atom is -0.308 e. The minimum atomic E-state index is 0.544. The Morgan fingerprint density at radius 1 is 1.45 bits per heavy atom. The third-order valence-corrected chi connectivity index (χ3v) is 3.55. The first-order valence-electron chi connectivity index (χ1n) is 4.94. The van der Waals surface area contributed by atoms with Gasteiger partial charge < -0.3 is 5.32 Å². The molecule has 3 atom stereocenters. The van der Waals surface area contributed by atoms with Gasteiger partial charge in [-0.25, -0.2) is 0 Å². The van der Waals surface area contributed by atoms with Gasteiger partial charge in [0.15, 0.2) is 0 Å². The van der Waals surface area contributed by atoms with E-state index in [-0.39, 0.29) is 0 Å². The largest absolute Gasteiger partial charge is 0.308 e. The number of hydrogen-bond donors (Lipinski definition) is 1. The SMILES string of the molecule is CCC1C(C)C1NC1(C)CC1. The summed E-state index contributed by atoms with van der Waals surface area (Å²) in [5.74, 6) is 1.92. The predicted octanol–water partition coefficient (Wildman–Crippen LogP) is 2.17. The Kier molecular flexibility index (Phi) is 1.54. The van der Waals surface area contributed by atoms with Crippen LogP contribution in [0.15, 0.2) is 0 Å². The predicted molar refractivity (Wildman–Crippen MR) is 47.5 cm³/mol. The third kappa shape index (κ3) is 1.31. The second kappa shape index (κ2) is 2.22. The normalized spacial score (nSPS) is 45.5. The molecule has 2 aliphatic carbocycles. The van der Waals surface area contributed by atoms with Crippen molar-refractivity contribution in [3.8, 4) is 0 Å². The van der Waals surface area contributed by atoms with Crippen LogP contribution in [0, 0.1) is 11.8 Å². The van der Waals surface area contributed by atoms with Gasteiger partial charge in [0.2, 0.25) is 0 Å². The second-order valence-electron chi connectivity index (χ2n) is 4.66. The first kappa shape index (κ1) is 7.60. The Balaban J connectivity index is 1.81. The lowest BCUT2D eigenvalue weighted by atomic mass is 10.3. The zero-order valence-electron chi connectivity index (χ0n) is 7.85. The average Bonchev–Trinajstić information content (AvgIpc) is 2.80. The van der Waals surface area contributed by atoms with Crippen LogP contribution < -0.4 is 5.32 Å². The minimum absolute atomic E-state index is 0.544. The highest BCUT2D eigenvalue weighted by Gasteiger charge is 2.50. The topological polar surface area (TPSA) is 12.0 Å². The van der Waals surface area contributed by atoms with Crippen LogP contribution in [0.4, 0.5) is 0 Å². The Bertz CT molecular complexity index is 160. The smallest absolute Gasteiger partial charge is 0.0157 e. The van der Waals surface area contributed by atoms with Crippen LogP contribution in [-0.4, -0.2) is 11.6 Å². The Morgan fingerprint density at radius 2 is 2.09 bits per heavy atom. The molecule has 0 amide bonds. The van der Waals surface area contributed by atoms with Crippen molar-refractivity contribution >= 4 is 0 Å². The van der Waals surface area contributed by atoms with Crippen molar-refractivity contribution in [1.82, 2.24) is 5.32 Å². The summed E-state index contributed by atoms with van der Waals surface area (Å²) in [6.07, 6.45) is 4.15. The lowest BCUT2D eigenvalue weighted by Crippen LogP contribution is -2.31. The van der Waals surface area contributed by atoms with Gasteiger partial charge in [0.05, 0.1) is 0 Å². The van der Waals surface area contributed by atoms with E-state index in [1.807, 2.05) is 0 Å². The van der Waals surface area contributed by atoms with E-state index >= 15 is 0 Å². The second-order valence-corrected chi connectivity index (χ2v) is 4.66. The highest BCUT2D eigenvalue weighted by atomic mass is 15.1. The van der Waals surface area contributed by atoms with Gasteiger partial charge in [-0.15, -0.1) is 0 Å². The maximum atomic E-state index is 3.75. The maximum absolute atomic E-state index is 3.75. The fourth-order valence-electron chi connectivity index (χ4n) is 2.14. The molecule has 1 N–H and O–H groups in total. The van der Waals surface area contributed by atoms with Crippen LogP contribution in [0.1, 0.15) is 40.0 Å². The zero-order chi connectivity index (χ0) is 8.06. The summed E-state index contributed by atoms with van der Waals surface area (Å²) in [4.78, 5) is 0. The first-order chi connectivity index (χ1) is 5.16. The van der Waals surface area contributed by atoms with Crippen LogP contribution in [0.2, 0.25) is 0 Å². The van der Waals surface area contributed by atoms with E-state index in [9.17, 15) is 0 Å². The van der Waals surface area contributed by atoms with Gasteiger partial charge in [0.25, 0.3) is 0 Å². The van der Waals surface area contributed by atoms with Crippen molar-refractivity contribution in [3.63, 3.8) is 0 Å². The van der Waals surface area contributed by atoms with Gasteiger partial charge in [-0.2, -0.15) is 0 Å². The van der Waals surface area contributed by atoms with Gasteiger partial charge in [0, 0.05) is 11.6 Å². The molecular formula is C10H19N. The fraction of sp³-hybridized carbons (Fsp3) is 1.00. The van der Waals surface area contributed by atoms with E-state index in [1.165, 1.54) is 19.3 Å². The molecule has 64 valence electrons. The summed E-state index contributed by atoms with van der Waals surface area (Å²) < 4.78 is 0. The van der Waals surface area contributed by atoms with Crippen LogP contribution in [0.25, 0.3) is 0 Å². The molecule has 1 heteroatoms. The van der Waals surface area contributed by atoms with Crippen LogP contribution in [-0.2, 0) is 0 Å². The molecule has 0 saturated heterocycles. The molecule has 1 nitrogen and oxygen atoms in total. The zero-order valence-corrected chi connectivity index (χ0v) is 7.85. The standard InChI is InChI=1S/C10H19N/c1-4-8-7(2)9(8)11-10(3)5-6-10/h7-9,11H,4-6H2,1-3H3. The highest BCUT2D eigenvalue weighted by molar-refractivity contribution is 5.08. The molecule has 0 heterocycles. The maximum Gasteiger partial charge on any atom is 0.0157 e. The number of hydrogen-bond acceptors (Lipinski definition) is 1. The fourth-order valence-corrected chi connectivity index (χ4v) is 2.14. The molecule has 11 heavy (non-hydrogen) atoms. The molecule has 3 unspecified atom stereocenters. The van der Waals surface area contributed by atoms with Gasteiger partial charge in [-0.05, 0) is 31.6 Å². The summed E-state index contributed by atoms with van der Waals surface area (Å²) in [6, 6.07) is 0.854. The summed E-state index contributed by atoms with van der Waals surface area (Å²) >= 11 is 0. The number of nitrogens with one attached hydrogen (secondary N) is 1. The average molecular weight is 153 g/mol. The summed E-state index contributed by atoms with van der Waals surface area (Å²) in [6.45, 7) is 7.03. The lowest BCUT2D eigenvalue weighted by molar-refractivity contribution is 0.503. The van der Waals surface area contributed by atoms with E-state index in [2.05, 4.69) is 26.1 Å². The van der Waals surface area contributed by atoms with Gasteiger partial charge in [-0.1, -0.05) is 20.3 Å². The molecule has 2 rings (SSSR count). The van der Waals surface area contributed by atoms with Crippen LogP contribution in [0.3, 0.4) is 0 Å². The summed E-state index contributed by atoms with van der Waals surface area (Å²) in [7, 11) is 0. The molecule has 0 aromatic carbocycles. The monoisotopic (exact) mass is 153 g/mol. The molecule has 2 aliphatic rings. The molecule has 0 aromatic heterocycles. The third-order valence-electron chi connectivity index (χ3n) is 3.55. The Labute approximate surface area is 69.6 Å². The molecule has 0 aromatic rings. The lowest BCUT2D eigenvalue weighted by Gasteiger charge is -2.10. The van der Waals surface area contributed by atoms with E-state index < -0.39 is 0 Å². The van der Waals surface area contributed by atoms with Crippen molar-refractivity contribution in [2.45, 2.75) is 51.6 Å². The van der Waals surface area contributed by atoms with Crippen LogP contribution >= 0.6 is 0 Å². The first-order valence-corrected chi connectivity index (χ1v) is 4.94. The van der Waals surface area contributed by atoms with Crippen molar-refractivity contribution < 1.29 is 0 Å². The van der Waals surface area contributed by atoms with E-state index in [0.29, 0.717) is 5.54 Å². The van der Waals surface area contributed by atoms with E-state index in [0.717, 1.165) is 17.9 Å². The highest BCUT2D eigenvalue weighted by Crippen LogP contribution is 2.46. The quantitative estimate of drug-likeness (QED) is 0.655. The van der Waals surface area contributed by atoms with E-state index in [4.69, 9.17) is 0 Å². The van der Waals surface area contributed by atoms with E-state index in [1.54, 1.807) is 0 Å². The van der Waals surface area contributed by atoms with Crippen molar-refractivity contribution in [2.75, 3.05) is 0 Å². The molecule has 2 saturated carbocycles. The van der Waals surface area contributed by atoms with Gasteiger partial charge >= 0.3 is 0 Å². The summed E-state index contributed by atoms with van der Waals surface area (Å²) in [5, 5.41) is 3.75.